The Morgan fingerprint density at radius 2 is 1.47 bits per heavy atom. The molecule has 0 saturated heterocycles. The molecule has 0 spiro atoms. The summed E-state index contributed by atoms with van der Waals surface area (Å²) >= 11 is 0. The molecule has 6 rings (SSSR count). The van der Waals surface area contributed by atoms with E-state index in [2.05, 4.69) is 112 Å². The van der Waals surface area contributed by atoms with Gasteiger partial charge in [0.2, 0.25) is 0 Å². The topological polar surface area (TPSA) is 26.0 Å². The lowest BCUT2D eigenvalue weighted by atomic mass is 9.93. The van der Waals surface area contributed by atoms with E-state index < -0.39 is 0 Å². The van der Waals surface area contributed by atoms with Crippen molar-refractivity contribution < 1.29 is 4.42 Å². The molecule has 2 nitrogen and oxygen atoms in total. The number of nitrogens with zero attached hydrogens (tertiary/aromatic N) is 1. The number of aromatic nitrogens is 1. The molecule has 0 aliphatic rings. The number of pyridine rings is 1. The molecule has 0 amide bonds. The van der Waals surface area contributed by atoms with Gasteiger partial charge in [-0.05, 0) is 59.5 Å². The van der Waals surface area contributed by atoms with Crippen LogP contribution in [0, 0.1) is 12.8 Å². The third-order valence-corrected chi connectivity index (χ3v) is 6.90. The summed E-state index contributed by atoms with van der Waals surface area (Å²) in [5.74, 6) is 1.55. The van der Waals surface area contributed by atoms with Gasteiger partial charge in [-0.2, -0.15) is 0 Å². The molecule has 4 aromatic carbocycles. The molecular formula is C34H29NO. The molecule has 2 heteroatoms. The molecule has 0 unspecified atom stereocenters. The van der Waals surface area contributed by atoms with Gasteiger partial charge in [0.25, 0.3) is 0 Å². The molecule has 0 fully saturated rings. The van der Waals surface area contributed by atoms with Crippen molar-refractivity contribution in [2.75, 3.05) is 0 Å². The van der Waals surface area contributed by atoms with E-state index in [1.165, 1.54) is 22.1 Å². The summed E-state index contributed by atoms with van der Waals surface area (Å²) in [5, 5.41) is 3.54. The maximum absolute atomic E-state index is 6.56. The number of fused-ring (bicyclic) bond motifs is 2. The summed E-state index contributed by atoms with van der Waals surface area (Å²) in [6, 6.07) is 34.3. The Hall–Kier alpha value is -4.17. The summed E-state index contributed by atoms with van der Waals surface area (Å²) in [4.78, 5) is 4.86. The fourth-order valence-corrected chi connectivity index (χ4v) is 5.29. The Balaban J connectivity index is 1.60. The molecule has 0 atom stereocenters. The predicted molar refractivity (Wildman–Crippen MR) is 151 cm³/mol. The Bertz CT molecular complexity index is 1680. The SMILES string of the molecule is Cc1c(-c2ccccc2)oc2cc(-c3nccc4cc(CC(C)C)ccc34)cc(-c3ccccc3)c12. The fraction of sp³-hybridized carbons (Fsp3) is 0.147. The molecule has 2 aromatic heterocycles. The highest BCUT2D eigenvalue weighted by Crippen LogP contribution is 2.42. The lowest BCUT2D eigenvalue weighted by Crippen LogP contribution is -1.94. The minimum absolute atomic E-state index is 0.626. The van der Waals surface area contributed by atoms with Crippen LogP contribution in [0.2, 0.25) is 0 Å². The highest BCUT2D eigenvalue weighted by molar-refractivity contribution is 6.04. The van der Waals surface area contributed by atoms with Crippen LogP contribution in [0.4, 0.5) is 0 Å². The van der Waals surface area contributed by atoms with E-state index in [0.717, 1.165) is 50.9 Å². The van der Waals surface area contributed by atoms with Gasteiger partial charge >= 0.3 is 0 Å². The smallest absolute Gasteiger partial charge is 0.138 e. The minimum Gasteiger partial charge on any atom is -0.456 e. The van der Waals surface area contributed by atoms with Crippen LogP contribution < -0.4 is 0 Å². The molecule has 0 aliphatic carbocycles. The third-order valence-electron chi connectivity index (χ3n) is 6.90. The van der Waals surface area contributed by atoms with Gasteiger partial charge in [-0.15, -0.1) is 0 Å². The van der Waals surface area contributed by atoms with Crippen molar-refractivity contribution in [1.29, 1.82) is 0 Å². The van der Waals surface area contributed by atoms with E-state index in [9.17, 15) is 0 Å². The second-order valence-electron chi connectivity index (χ2n) is 10.00. The highest BCUT2D eigenvalue weighted by atomic mass is 16.3. The standard InChI is InChI=1S/C34H29NO/c1-22(2)18-24-14-15-29-27(19-24)16-17-35-33(29)28-20-30(25-10-6-4-7-11-25)32-23(3)34(36-31(32)21-28)26-12-8-5-9-13-26/h4-17,19-22H,18H2,1-3H3. The first-order valence-electron chi connectivity index (χ1n) is 12.6. The molecule has 0 bridgehead atoms. The van der Waals surface area contributed by atoms with E-state index in [1.807, 2.05) is 12.3 Å². The fourth-order valence-electron chi connectivity index (χ4n) is 5.29. The molecular weight excluding hydrogens is 438 g/mol. The van der Waals surface area contributed by atoms with Crippen LogP contribution in [0.5, 0.6) is 0 Å². The largest absolute Gasteiger partial charge is 0.456 e. The third kappa shape index (κ3) is 3.99. The number of aryl methyl sites for hydroxylation is 1. The van der Waals surface area contributed by atoms with E-state index in [0.29, 0.717) is 5.92 Å². The van der Waals surface area contributed by atoms with Crippen LogP contribution >= 0.6 is 0 Å². The summed E-state index contributed by atoms with van der Waals surface area (Å²) in [7, 11) is 0. The van der Waals surface area contributed by atoms with Crippen molar-refractivity contribution in [3.05, 3.63) is 114 Å². The second kappa shape index (κ2) is 9.13. The summed E-state index contributed by atoms with van der Waals surface area (Å²) in [6.45, 7) is 6.68. The quantitative estimate of drug-likeness (QED) is 0.252. The second-order valence-corrected chi connectivity index (χ2v) is 10.00. The van der Waals surface area contributed by atoms with Crippen molar-refractivity contribution in [3.63, 3.8) is 0 Å². The minimum atomic E-state index is 0.626. The van der Waals surface area contributed by atoms with Gasteiger partial charge in [0.15, 0.2) is 0 Å². The Kier molecular flexibility index (Phi) is 5.65. The zero-order chi connectivity index (χ0) is 24.6. The zero-order valence-corrected chi connectivity index (χ0v) is 21.0. The average molecular weight is 468 g/mol. The molecule has 0 radical (unpaired) electrons. The van der Waals surface area contributed by atoms with E-state index in [4.69, 9.17) is 9.40 Å². The van der Waals surface area contributed by atoms with Crippen LogP contribution in [-0.2, 0) is 6.42 Å². The van der Waals surface area contributed by atoms with Gasteiger partial charge in [-0.1, -0.05) is 92.7 Å². The van der Waals surface area contributed by atoms with Crippen molar-refractivity contribution in [3.8, 4) is 33.7 Å². The van der Waals surface area contributed by atoms with E-state index in [1.54, 1.807) is 0 Å². The Labute approximate surface area is 212 Å². The van der Waals surface area contributed by atoms with Crippen molar-refractivity contribution >= 4 is 21.7 Å². The van der Waals surface area contributed by atoms with Gasteiger partial charge in [0.1, 0.15) is 11.3 Å². The first-order chi connectivity index (χ1) is 17.6. The normalized spacial score (nSPS) is 11.6. The van der Waals surface area contributed by atoms with Gasteiger partial charge < -0.3 is 4.42 Å². The maximum Gasteiger partial charge on any atom is 0.138 e. The van der Waals surface area contributed by atoms with Crippen LogP contribution in [0.15, 0.2) is 108 Å². The van der Waals surface area contributed by atoms with E-state index in [-0.39, 0.29) is 0 Å². The molecule has 6 aromatic rings. The number of rotatable bonds is 5. The van der Waals surface area contributed by atoms with Crippen molar-refractivity contribution in [2.45, 2.75) is 27.2 Å². The Morgan fingerprint density at radius 3 is 2.19 bits per heavy atom. The lowest BCUT2D eigenvalue weighted by molar-refractivity contribution is 0.629. The van der Waals surface area contributed by atoms with Gasteiger partial charge in [-0.25, -0.2) is 0 Å². The predicted octanol–water partition coefficient (Wildman–Crippen LogP) is 9.49. The average Bonchev–Trinajstić information content (AvgIpc) is 3.24. The number of benzene rings is 4. The van der Waals surface area contributed by atoms with Gasteiger partial charge in [-0.3, -0.25) is 4.98 Å². The molecule has 2 heterocycles. The summed E-state index contributed by atoms with van der Waals surface area (Å²) in [5.41, 5.74) is 8.89. The molecule has 36 heavy (non-hydrogen) atoms. The van der Waals surface area contributed by atoms with E-state index >= 15 is 0 Å². The monoisotopic (exact) mass is 467 g/mol. The van der Waals surface area contributed by atoms with Crippen LogP contribution in [0.3, 0.4) is 0 Å². The first kappa shape index (κ1) is 22.3. The summed E-state index contributed by atoms with van der Waals surface area (Å²) < 4.78 is 6.56. The molecule has 0 N–H and O–H groups in total. The van der Waals surface area contributed by atoms with Crippen LogP contribution in [0.1, 0.15) is 25.0 Å². The Morgan fingerprint density at radius 1 is 0.750 bits per heavy atom. The van der Waals surface area contributed by atoms with Crippen molar-refractivity contribution in [2.24, 2.45) is 5.92 Å². The summed E-state index contributed by atoms with van der Waals surface area (Å²) in [6.07, 6.45) is 3.00. The first-order valence-corrected chi connectivity index (χ1v) is 12.6. The highest BCUT2D eigenvalue weighted by Gasteiger charge is 2.19. The molecule has 0 aliphatic heterocycles. The zero-order valence-electron chi connectivity index (χ0n) is 21.0. The van der Waals surface area contributed by atoms with Crippen LogP contribution in [0.25, 0.3) is 55.4 Å². The molecule has 0 saturated carbocycles. The van der Waals surface area contributed by atoms with Crippen molar-refractivity contribution in [1.82, 2.24) is 4.98 Å². The van der Waals surface area contributed by atoms with Crippen LogP contribution in [-0.4, -0.2) is 4.98 Å². The maximum atomic E-state index is 6.56. The van der Waals surface area contributed by atoms with Gasteiger partial charge in [0.05, 0.1) is 5.69 Å². The number of furan rings is 1. The van der Waals surface area contributed by atoms with Gasteiger partial charge in [0, 0.05) is 33.7 Å². The lowest BCUT2D eigenvalue weighted by Gasteiger charge is -2.12. The number of hydrogen-bond acceptors (Lipinski definition) is 2. The number of hydrogen-bond donors (Lipinski definition) is 0. The molecule has 176 valence electrons.